The van der Waals surface area contributed by atoms with E-state index in [1.54, 1.807) is 36.5 Å². The van der Waals surface area contributed by atoms with E-state index in [2.05, 4.69) is 37.0 Å². The molecule has 5 rings (SSSR count). The number of pyridine rings is 1. The summed E-state index contributed by atoms with van der Waals surface area (Å²) < 4.78 is 0. The quantitative estimate of drug-likeness (QED) is 0.300. The monoisotopic (exact) mass is 508 g/mol. The predicted molar refractivity (Wildman–Crippen MR) is 142 cm³/mol. The van der Waals surface area contributed by atoms with Crippen molar-refractivity contribution in [2.45, 2.75) is 20.0 Å². The van der Waals surface area contributed by atoms with Crippen molar-refractivity contribution in [3.8, 4) is 11.4 Å². The Labute approximate surface area is 213 Å². The Morgan fingerprint density at radius 3 is 2.72 bits per heavy atom. The molecule has 188 valence electrons. The van der Waals surface area contributed by atoms with Gasteiger partial charge < -0.3 is 30.2 Å². The van der Waals surface area contributed by atoms with Gasteiger partial charge in [-0.05, 0) is 37.2 Å². The summed E-state index contributed by atoms with van der Waals surface area (Å²) >= 11 is 6.05. The lowest BCUT2D eigenvalue weighted by atomic mass is 10.1. The molecule has 3 aromatic heterocycles. The van der Waals surface area contributed by atoms with Crippen LogP contribution in [0.1, 0.15) is 24.3 Å². The second kappa shape index (κ2) is 10.3. The Kier molecular flexibility index (Phi) is 6.90. The fourth-order valence-corrected chi connectivity index (χ4v) is 4.64. The van der Waals surface area contributed by atoms with Crippen LogP contribution in [0.4, 0.5) is 11.6 Å². The van der Waals surface area contributed by atoms with Gasteiger partial charge in [-0.3, -0.25) is 4.79 Å². The van der Waals surface area contributed by atoms with Gasteiger partial charge in [0.15, 0.2) is 5.65 Å². The maximum Gasteiger partial charge on any atom is 0.261 e. The van der Waals surface area contributed by atoms with Crippen LogP contribution < -0.4 is 15.8 Å². The number of aromatic amines is 2. The number of aryl methyl sites for hydroxylation is 1. The van der Waals surface area contributed by atoms with Crippen molar-refractivity contribution in [2.75, 3.05) is 49.5 Å². The summed E-state index contributed by atoms with van der Waals surface area (Å²) in [6.45, 7) is 8.95. The normalized spacial score (nSPS) is 15.4. The topological polar surface area (TPSA) is 126 Å². The standard InChI is InChI=1S/C25H29ClN8O2/c1-3-33-9-11-34(12-10-33)25-29-15(2)21-23(32-25)31-22(30-21)20-18(7-8-27-24(20)36)28-14-19(35)16-5-4-6-17(26)13-16/h4-8,13,19,35H,3,9-12,14H2,1-2H3,(H2,27,28,36)(H,29,30,31,32)/t19-/m1/s1. The number of aromatic nitrogens is 5. The molecule has 36 heavy (non-hydrogen) atoms. The van der Waals surface area contributed by atoms with Gasteiger partial charge in [0.1, 0.15) is 16.9 Å². The lowest BCUT2D eigenvalue weighted by Gasteiger charge is -2.34. The third-order valence-electron chi connectivity index (χ3n) is 6.54. The number of H-pyrrole nitrogens is 2. The fourth-order valence-electron chi connectivity index (χ4n) is 4.45. The van der Waals surface area contributed by atoms with Crippen molar-refractivity contribution >= 4 is 34.4 Å². The molecule has 0 saturated carbocycles. The number of imidazole rings is 1. The van der Waals surface area contributed by atoms with E-state index in [1.807, 2.05) is 6.92 Å². The second-order valence-corrected chi connectivity index (χ2v) is 9.30. The molecule has 0 amide bonds. The highest BCUT2D eigenvalue weighted by Crippen LogP contribution is 2.27. The number of benzene rings is 1. The van der Waals surface area contributed by atoms with Gasteiger partial charge in [-0.25, -0.2) is 9.97 Å². The molecule has 0 bridgehead atoms. The van der Waals surface area contributed by atoms with E-state index >= 15 is 0 Å². The minimum absolute atomic E-state index is 0.184. The molecular weight excluding hydrogens is 480 g/mol. The number of anilines is 2. The maximum atomic E-state index is 12.9. The highest BCUT2D eigenvalue weighted by atomic mass is 35.5. The van der Waals surface area contributed by atoms with E-state index < -0.39 is 6.10 Å². The average molecular weight is 509 g/mol. The summed E-state index contributed by atoms with van der Waals surface area (Å²) in [6, 6.07) is 8.80. The number of likely N-dealkylation sites (N-methyl/N-ethyl adjacent to an activating group) is 1. The fraction of sp³-hybridized carbons (Fsp3) is 0.360. The Morgan fingerprint density at radius 2 is 1.97 bits per heavy atom. The number of hydrogen-bond acceptors (Lipinski definition) is 8. The van der Waals surface area contributed by atoms with Crippen molar-refractivity contribution in [1.82, 2.24) is 29.8 Å². The van der Waals surface area contributed by atoms with Gasteiger partial charge in [0.05, 0.1) is 17.5 Å². The van der Waals surface area contributed by atoms with Crippen molar-refractivity contribution < 1.29 is 5.11 Å². The number of hydrogen-bond donors (Lipinski definition) is 4. The summed E-state index contributed by atoms with van der Waals surface area (Å²) in [5.74, 6) is 1.04. The van der Waals surface area contributed by atoms with Crippen LogP contribution in [0.3, 0.4) is 0 Å². The van der Waals surface area contributed by atoms with Gasteiger partial charge in [-0.15, -0.1) is 0 Å². The summed E-state index contributed by atoms with van der Waals surface area (Å²) in [5, 5.41) is 14.3. The van der Waals surface area contributed by atoms with E-state index in [0.717, 1.165) is 38.4 Å². The van der Waals surface area contributed by atoms with E-state index in [1.165, 1.54) is 0 Å². The lowest BCUT2D eigenvalue weighted by Crippen LogP contribution is -2.46. The Hall–Kier alpha value is -3.47. The number of aliphatic hydroxyl groups is 1. The third kappa shape index (κ3) is 4.92. The molecule has 4 heterocycles. The van der Waals surface area contributed by atoms with Crippen LogP contribution in [0.15, 0.2) is 41.3 Å². The van der Waals surface area contributed by atoms with Gasteiger partial charge in [-0.1, -0.05) is 30.7 Å². The summed E-state index contributed by atoms with van der Waals surface area (Å²) in [7, 11) is 0. The van der Waals surface area contributed by atoms with Gasteiger partial charge in [0, 0.05) is 43.9 Å². The van der Waals surface area contributed by atoms with Crippen LogP contribution in [0.2, 0.25) is 5.02 Å². The zero-order chi connectivity index (χ0) is 25.2. The number of piperazine rings is 1. The Bertz CT molecular complexity index is 1430. The van der Waals surface area contributed by atoms with Crippen molar-refractivity contribution in [3.63, 3.8) is 0 Å². The van der Waals surface area contributed by atoms with Crippen molar-refractivity contribution in [2.24, 2.45) is 0 Å². The second-order valence-electron chi connectivity index (χ2n) is 8.86. The molecule has 0 spiro atoms. The lowest BCUT2D eigenvalue weighted by molar-refractivity contribution is 0.191. The summed E-state index contributed by atoms with van der Waals surface area (Å²) in [5.41, 5.74) is 3.23. The SMILES string of the molecule is CCN1CCN(c2nc(C)c3[nH]c(-c4c(NC[C@@H](O)c5cccc(Cl)c5)cc[nH]c4=O)nc3n2)CC1. The van der Waals surface area contributed by atoms with Gasteiger partial charge >= 0.3 is 0 Å². The number of aliphatic hydroxyl groups excluding tert-OH is 1. The van der Waals surface area contributed by atoms with Crippen molar-refractivity contribution in [3.05, 3.63) is 63.2 Å². The average Bonchev–Trinajstić information content (AvgIpc) is 3.31. The third-order valence-corrected chi connectivity index (χ3v) is 6.77. The molecular formula is C25H29ClN8O2. The first kappa shape index (κ1) is 24.2. The zero-order valence-electron chi connectivity index (χ0n) is 20.3. The first-order valence-electron chi connectivity index (χ1n) is 12.0. The van der Waals surface area contributed by atoms with Crippen LogP contribution in [-0.2, 0) is 0 Å². The van der Waals surface area contributed by atoms with E-state index in [0.29, 0.717) is 44.8 Å². The Balaban J connectivity index is 1.42. The van der Waals surface area contributed by atoms with Gasteiger partial charge in [0.25, 0.3) is 5.56 Å². The largest absolute Gasteiger partial charge is 0.387 e. The molecule has 10 nitrogen and oxygen atoms in total. The number of fused-ring (bicyclic) bond motifs is 1. The van der Waals surface area contributed by atoms with E-state index in [4.69, 9.17) is 21.6 Å². The molecule has 0 unspecified atom stereocenters. The molecule has 11 heteroatoms. The van der Waals surface area contributed by atoms with Crippen LogP contribution in [0, 0.1) is 6.92 Å². The number of halogens is 1. The van der Waals surface area contributed by atoms with Crippen LogP contribution >= 0.6 is 11.6 Å². The molecule has 4 aromatic rings. The highest BCUT2D eigenvalue weighted by Gasteiger charge is 2.22. The predicted octanol–water partition coefficient (Wildman–Crippen LogP) is 2.96. The minimum Gasteiger partial charge on any atom is -0.387 e. The smallest absolute Gasteiger partial charge is 0.261 e. The number of rotatable bonds is 7. The molecule has 1 fully saturated rings. The summed E-state index contributed by atoms with van der Waals surface area (Å²) in [6.07, 6.45) is 0.747. The van der Waals surface area contributed by atoms with E-state index in [-0.39, 0.29) is 12.1 Å². The molecule has 4 N–H and O–H groups in total. The maximum absolute atomic E-state index is 12.9. The Morgan fingerprint density at radius 1 is 1.17 bits per heavy atom. The van der Waals surface area contributed by atoms with Gasteiger partial charge in [-0.2, -0.15) is 4.98 Å². The minimum atomic E-state index is -0.810. The number of nitrogens with one attached hydrogen (secondary N) is 3. The molecule has 0 aliphatic carbocycles. The molecule has 1 aliphatic rings. The van der Waals surface area contributed by atoms with Crippen LogP contribution in [0.5, 0.6) is 0 Å². The van der Waals surface area contributed by atoms with Crippen molar-refractivity contribution in [1.29, 1.82) is 0 Å². The highest BCUT2D eigenvalue weighted by molar-refractivity contribution is 6.30. The first-order chi connectivity index (χ1) is 17.4. The molecule has 1 atom stereocenters. The van der Waals surface area contributed by atoms with Gasteiger partial charge in [0.2, 0.25) is 5.95 Å². The first-order valence-corrected chi connectivity index (χ1v) is 12.4. The molecule has 1 aliphatic heterocycles. The molecule has 0 radical (unpaired) electrons. The van der Waals surface area contributed by atoms with E-state index in [9.17, 15) is 9.90 Å². The van der Waals surface area contributed by atoms with Crippen LogP contribution in [-0.4, -0.2) is 74.2 Å². The molecule has 1 aromatic carbocycles. The van der Waals surface area contributed by atoms with Crippen LogP contribution in [0.25, 0.3) is 22.6 Å². The molecule has 1 saturated heterocycles. The number of nitrogens with zero attached hydrogens (tertiary/aromatic N) is 5. The zero-order valence-corrected chi connectivity index (χ0v) is 21.0. The summed E-state index contributed by atoms with van der Waals surface area (Å²) in [4.78, 5) is 37.4.